The Labute approximate surface area is 111 Å². The molecular weight excluding hydrogens is 248 g/mol. The maximum atomic E-state index is 12.0. The lowest BCUT2D eigenvalue weighted by Gasteiger charge is -2.23. The van der Waals surface area contributed by atoms with E-state index in [9.17, 15) is 9.59 Å². The lowest BCUT2D eigenvalue weighted by Crippen LogP contribution is -2.41. The van der Waals surface area contributed by atoms with Crippen molar-refractivity contribution in [3.63, 3.8) is 0 Å². The number of furan rings is 1. The molecule has 6 nitrogen and oxygen atoms in total. The number of carbonyl (C=O) groups is 2. The zero-order valence-electron chi connectivity index (χ0n) is 10.9. The number of likely N-dealkylation sites (tertiary alicyclic amines) is 1. The molecule has 0 saturated carbocycles. The van der Waals surface area contributed by atoms with Gasteiger partial charge < -0.3 is 19.4 Å². The first kappa shape index (κ1) is 13.5. The average molecular weight is 266 g/mol. The molecule has 1 aromatic rings. The fourth-order valence-electron chi connectivity index (χ4n) is 2.25. The molecule has 0 bridgehead atoms. The van der Waals surface area contributed by atoms with E-state index in [0.29, 0.717) is 13.2 Å². The zero-order valence-corrected chi connectivity index (χ0v) is 10.9. The number of carbonyl (C=O) groups excluding carboxylic acids is 2. The van der Waals surface area contributed by atoms with E-state index in [1.165, 1.54) is 0 Å². The maximum absolute atomic E-state index is 12.0. The number of rotatable bonds is 4. The maximum Gasteiger partial charge on any atom is 0.325 e. The Morgan fingerprint density at radius 1 is 1.58 bits per heavy atom. The summed E-state index contributed by atoms with van der Waals surface area (Å²) in [7, 11) is 0. The van der Waals surface area contributed by atoms with E-state index in [2.05, 4.69) is 5.32 Å². The fourth-order valence-corrected chi connectivity index (χ4v) is 2.25. The van der Waals surface area contributed by atoms with E-state index in [0.717, 1.165) is 18.6 Å². The molecule has 1 aliphatic heterocycles. The first-order chi connectivity index (χ1) is 9.22. The van der Waals surface area contributed by atoms with Crippen LogP contribution in [0.3, 0.4) is 0 Å². The summed E-state index contributed by atoms with van der Waals surface area (Å²) >= 11 is 0. The second kappa shape index (κ2) is 6.26. The van der Waals surface area contributed by atoms with Crippen LogP contribution in [0.15, 0.2) is 22.8 Å². The van der Waals surface area contributed by atoms with Crippen molar-refractivity contribution in [3.8, 4) is 0 Å². The highest BCUT2D eigenvalue weighted by atomic mass is 16.5. The summed E-state index contributed by atoms with van der Waals surface area (Å²) in [6.07, 6.45) is 3.40. The van der Waals surface area contributed by atoms with E-state index in [4.69, 9.17) is 9.15 Å². The second-order valence-corrected chi connectivity index (χ2v) is 4.33. The predicted octanol–water partition coefficient (Wildman–Crippen LogP) is 1.69. The van der Waals surface area contributed by atoms with Crippen molar-refractivity contribution in [2.24, 2.45) is 0 Å². The van der Waals surface area contributed by atoms with E-state index < -0.39 is 5.97 Å². The van der Waals surface area contributed by atoms with Crippen molar-refractivity contribution in [3.05, 3.63) is 24.2 Å². The minimum Gasteiger partial charge on any atom is -0.467 e. The molecule has 0 unspecified atom stereocenters. The Bertz CT molecular complexity index is 430. The third-order valence-electron chi connectivity index (χ3n) is 3.07. The van der Waals surface area contributed by atoms with Crippen LogP contribution in [0.2, 0.25) is 0 Å². The third-order valence-corrected chi connectivity index (χ3v) is 3.07. The highest BCUT2D eigenvalue weighted by molar-refractivity contribution is 5.81. The summed E-state index contributed by atoms with van der Waals surface area (Å²) in [6.45, 7) is 2.61. The minimum absolute atomic E-state index is 0.0443. The quantitative estimate of drug-likeness (QED) is 0.842. The fraction of sp³-hybridized carbons (Fsp3) is 0.538. The van der Waals surface area contributed by atoms with Crippen molar-refractivity contribution in [2.45, 2.75) is 25.8 Å². The minimum atomic E-state index is -0.426. The van der Waals surface area contributed by atoms with Crippen LogP contribution in [0.25, 0.3) is 0 Å². The number of hydrogen-bond acceptors (Lipinski definition) is 4. The molecule has 19 heavy (non-hydrogen) atoms. The van der Waals surface area contributed by atoms with Crippen molar-refractivity contribution in [1.29, 1.82) is 0 Å². The van der Waals surface area contributed by atoms with Crippen molar-refractivity contribution in [2.75, 3.05) is 19.7 Å². The molecule has 1 aromatic heterocycles. The van der Waals surface area contributed by atoms with E-state index in [1.807, 2.05) is 12.1 Å². The molecule has 1 fully saturated rings. The molecule has 0 aromatic carbocycles. The van der Waals surface area contributed by atoms with Crippen LogP contribution < -0.4 is 5.32 Å². The Morgan fingerprint density at radius 2 is 2.42 bits per heavy atom. The Hall–Kier alpha value is -1.98. The summed E-state index contributed by atoms with van der Waals surface area (Å²) in [4.78, 5) is 24.9. The summed E-state index contributed by atoms with van der Waals surface area (Å²) in [5, 5.41) is 2.57. The van der Waals surface area contributed by atoms with Crippen molar-refractivity contribution >= 4 is 12.0 Å². The Kier molecular flexibility index (Phi) is 4.43. The number of amides is 2. The van der Waals surface area contributed by atoms with E-state index in [1.54, 1.807) is 18.1 Å². The lowest BCUT2D eigenvalue weighted by molar-refractivity contribution is -0.141. The molecule has 2 amide bonds. The molecule has 0 radical (unpaired) electrons. The summed E-state index contributed by atoms with van der Waals surface area (Å²) in [5.41, 5.74) is 0. The molecule has 1 atom stereocenters. The van der Waals surface area contributed by atoms with Crippen LogP contribution in [0.1, 0.15) is 31.6 Å². The van der Waals surface area contributed by atoms with Crippen LogP contribution in [0.5, 0.6) is 0 Å². The van der Waals surface area contributed by atoms with E-state index >= 15 is 0 Å². The van der Waals surface area contributed by atoms with Crippen molar-refractivity contribution < 1.29 is 18.7 Å². The summed E-state index contributed by atoms with van der Waals surface area (Å²) in [5.74, 6) is 0.355. The monoisotopic (exact) mass is 266 g/mol. The van der Waals surface area contributed by atoms with Gasteiger partial charge in [-0.2, -0.15) is 0 Å². The van der Waals surface area contributed by atoms with Gasteiger partial charge in [0, 0.05) is 6.54 Å². The van der Waals surface area contributed by atoms with Crippen LogP contribution in [0, 0.1) is 0 Å². The standard InChI is InChI=1S/C13H18N2O4/c1-2-18-12(16)9-14-13(17)15-7-3-5-10(15)11-6-4-8-19-11/h4,6,8,10H,2-3,5,7,9H2,1H3,(H,14,17)/t10-/m0/s1. The van der Waals surface area contributed by atoms with Gasteiger partial charge in [-0.15, -0.1) is 0 Å². The van der Waals surface area contributed by atoms with Gasteiger partial charge in [-0.25, -0.2) is 4.79 Å². The normalized spacial score (nSPS) is 18.4. The SMILES string of the molecule is CCOC(=O)CNC(=O)N1CCC[C@H]1c1ccco1. The molecule has 104 valence electrons. The zero-order chi connectivity index (χ0) is 13.7. The average Bonchev–Trinajstić information content (AvgIpc) is 3.05. The van der Waals surface area contributed by atoms with Gasteiger partial charge in [0.15, 0.2) is 0 Å². The largest absolute Gasteiger partial charge is 0.467 e. The van der Waals surface area contributed by atoms with Crippen molar-refractivity contribution in [1.82, 2.24) is 10.2 Å². The highest BCUT2D eigenvalue weighted by Crippen LogP contribution is 2.31. The topological polar surface area (TPSA) is 71.8 Å². The first-order valence-electron chi connectivity index (χ1n) is 6.46. The van der Waals surface area contributed by atoms with Gasteiger partial charge in [0.25, 0.3) is 0 Å². The van der Waals surface area contributed by atoms with Gasteiger partial charge in [0.05, 0.1) is 18.9 Å². The number of esters is 1. The summed E-state index contributed by atoms with van der Waals surface area (Å²) in [6, 6.07) is 3.37. The highest BCUT2D eigenvalue weighted by Gasteiger charge is 2.31. The van der Waals surface area contributed by atoms with Gasteiger partial charge in [0.1, 0.15) is 12.3 Å². The number of hydrogen-bond donors (Lipinski definition) is 1. The van der Waals surface area contributed by atoms with Gasteiger partial charge >= 0.3 is 12.0 Å². The van der Waals surface area contributed by atoms with Gasteiger partial charge in [-0.05, 0) is 31.9 Å². The number of ether oxygens (including phenoxy) is 1. The molecule has 2 rings (SSSR count). The molecule has 0 spiro atoms. The number of nitrogens with one attached hydrogen (secondary N) is 1. The molecule has 1 N–H and O–H groups in total. The number of nitrogens with zero attached hydrogens (tertiary/aromatic N) is 1. The van der Waals surface area contributed by atoms with Gasteiger partial charge in [-0.3, -0.25) is 4.79 Å². The number of urea groups is 1. The predicted molar refractivity (Wildman–Crippen MR) is 67.4 cm³/mol. The molecule has 2 heterocycles. The van der Waals surface area contributed by atoms with Gasteiger partial charge in [-0.1, -0.05) is 0 Å². The van der Waals surface area contributed by atoms with E-state index in [-0.39, 0.29) is 18.6 Å². The Balaban J connectivity index is 1.89. The molecule has 0 aliphatic carbocycles. The molecule has 1 saturated heterocycles. The second-order valence-electron chi connectivity index (χ2n) is 4.33. The first-order valence-corrected chi connectivity index (χ1v) is 6.46. The van der Waals surface area contributed by atoms with Crippen LogP contribution in [0.4, 0.5) is 4.79 Å². The van der Waals surface area contributed by atoms with Crippen LogP contribution in [-0.2, 0) is 9.53 Å². The molecular formula is C13H18N2O4. The molecule has 6 heteroatoms. The van der Waals surface area contributed by atoms with Gasteiger partial charge in [0.2, 0.25) is 0 Å². The molecule has 1 aliphatic rings. The summed E-state index contributed by atoms with van der Waals surface area (Å²) < 4.78 is 10.1. The third kappa shape index (κ3) is 3.27. The van der Waals surface area contributed by atoms with Crippen LogP contribution in [-0.4, -0.2) is 36.6 Å². The Morgan fingerprint density at radius 3 is 3.11 bits per heavy atom. The lowest BCUT2D eigenvalue weighted by atomic mass is 10.2. The van der Waals surface area contributed by atoms with Crippen LogP contribution >= 0.6 is 0 Å². The smallest absolute Gasteiger partial charge is 0.325 e.